The number of alkyl halides is 1. The average Bonchev–Trinajstić information content (AvgIpc) is 2.42. The lowest BCUT2D eigenvalue weighted by atomic mass is 10.1. The molecule has 0 amide bonds. The van der Waals surface area contributed by atoms with Crippen LogP contribution in [-0.4, -0.2) is 30.5 Å². The summed E-state index contributed by atoms with van der Waals surface area (Å²) >= 11 is 5.69. The highest BCUT2D eigenvalue weighted by molar-refractivity contribution is 6.20. The molecule has 104 valence electrons. The molecule has 1 atom stereocenters. The fourth-order valence-electron chi connectivity index (χ4n) is 1.29. The fraction of sp³-hybridized carbons (Fsp3) is 0.429. The van der Waals surface area contributed by atoms with Gasteiger partial charge < -0.3 is 9.47 Å². The molecule has 0 bridgehead atoms. The first-order chi connectivity index (χ1) is 9.04. The lowest BCUT2D eigenvalue weighted by molar-refractivity contribution is 0.0492. The van der Waals surface area contributed by atoms with Crippen LogP contribution in [0.5, 0.6) is 0 Å². The average molecular weight is 285 g/mol. The van der Waals surface area contributed by atoms with E-state index in [1.807, 2.05) is 6.92 Å². The second-order valence-electron chi connectivity index (χ2n) is 4.09. The largest absolute Gasteiger partial charge is 0.462 e. The van der Waals surface area contributed by atoms with Crippen LogP contribution in [0.15, 0.2) is 24.3 Å². The molecule has 0 N–H and O–H groups in total. The zero-order valence-corrected chi connectivity index (χ0v) is 11.8. The molecule has 1 aromatic carbocycles. The summed E-state index contributed by atoms with van der Waals surface area (Å²) in [5, 5.41) is -0.229. The van der Waals surface area contributed by atoms with E-state index in [0.717, 1.165) is 6.42 Å². The molecule has 0 aliphatic rings. The molecule has 4 nitrogen and oxygen atoms in total. The van der Waals surface area contributed by atoms with Crippen LogP contribution < -0.4 is 0 Å². The number of benzene rings is 1. The summed E-state index contributed by atoms with van der Waals surface area (Å²) in [6.07, 6.45) is 0.771. The van der Waals surface area contributed by atoms with Crippen molar-refractivity contribution < 1.29 is 19.1 Å². The predicted molar refractivity (Wildman–Crippen MR) is 72.6 cm³/mol. The Labute approximate surface area is 117 Å². The maximum atomic E-state index is 11.6. The summed E-state index contributed by atoms with van der Waals surface area (Å²) in [7, 11) is 0. The van der Waals surface area contributed by atoms with E-state index >= 15 is 0 Å². The van der Waals surface area contributed by atoms with Gasteiger partial charge in [0.2, 0.25) is 0 Å². The smallest absolute Gasteiger partial charge is 0.338 e. The summed E-state index contributed by atoms with van der Waals surface area (Å²) in [5.41, 5.74) is 0.792. The van der Waals surface area contributed by atoms with Crippen LogP contribution in [0.25, 0.3) is 0 Å². The molecule has 0 aliphatic heterocycles. The zero-order valence-electron chi connectivity index (χ0n) is 11.0. The van der Waals surface area contributed by atoms with Gasteiger partial charge in [0, 0.05) is 0 Å². The normalized spacial score (nSPS) is 11.7. The second kappa shape index (κ2) is 7.79. The van der Waals surface area contributed by atoms with Crippen molar-refractivity contribution in [3.8, 4) is 0 Å². The minimum Gasteiger partial charge on any atom is -0.462 e. The molecule has 1 aromatic rings. The van der Waals surface area contributed by atoms with Gasteiger partial charge in [0.25, 0.3) is 0 Å². The maximum absolute atomic E-state index is 11.6. The van der Waals surface area contributed by atoms with Crippen LogP contribution in [0.4, 0.5) is 0 Å². The summed E-state index contributed by atoms with van der Waals surface area (Å²) in [6, 6.07) is 6.14. The monoisotopic (exact) mass is 284 g/mol. The summed E-state index contributed by atoms with van der Waals surface area (Å²) < 4.78 is 9.95. The highest BCUT2D eigenvalue weighted by Gasteiger charge is 2.11. The molecule has 0 aliphatic carbocycles. The number of hydrogen-bond acceptors (Lipinski definition) is 4. The van der Waals surface area contributed by atoms with Crippen LogP contribution in [0.3, 0.4) is 0 Å². The SMILES string of the molecule is CCCOC(=O)c1ccc(C(=O)OCC(C)Cl)cc1. The van der Waals surface area contributed by atoms with Gasteiger partial charge in [0.05, 0.1) is 23.1 Å². The predicted octanol–water partition coefficient (Wildman–Crippen LogP) is 3.04. The van der Waals surface area contributed by atoms with Crippen LogP contribution in [0, 0.1) is 0 Å². The Hall–Kier alpha value is -1.55. The maximum Gasteiger partial charge on any atom is 0.338 e. The number of hydrogen-bond donors (Lipinski definition) is 0. The summed E-state index contributed by atoms with van der Waals surface area (Å²) in [5.74, 6) is -0.850. The Morgan fingerprint density at radius 2 is 1.58 bits per heavy atom. The van der Waals surface area contributed by atoms with E-state index in [2.05, 4.69) is 0 Å². The first kappa shape index (κ1) is 15.5. The van der Waals surface area contributed by atoms with Gasteiger partial charge in [0.15, 0.2) is 0 Å². The van der Waals surface area contributed by atoms with Crippen LogP contribution in [-0.2, 0) is 9.47 Å². The number of carbonyl (C=O) groups is 2. The van der Waals surface area contributed by atoms with Crippen molar-refractivity contribution >= 4 is 23.5 Å². The molecular formula is C14H17ClO4. The van der Waals surface area contributed by atoms with Crippen molar-refractivity contribution in [1.29, 1.82) is 0 Å². The van der Waals surface area contributed by atoms with E-state index in [1.54, 1.807) is 19.1 Å². The number of carbonyl (C=O) groups excluding carboxylic acids is 2. The number of ether oxygens (including phenoxy) is 2. The molecule has 1 unspecified atom stereocenters. The molecule has 19 heavy (non-hydrogen) atoms. The highest BCUT2D eigenvalue weighted by atomic mass is 35.5. The van der Waals surface area contributed by atoms with E-state index < -0.39 is 11.9 Å². The number of esters is 2. The third-order valence-electron chi connectivity index (χ3n) is 2.24. The lowest BCUT2D eigenvalue weighted by Crippen LogP contribution is -2.12. The third kappa shape index (κ3) is 5.30. The second-order valence-corrected chi connectivity index (χ2v) is 4.84. The van der Waals surface area contributed by atoms with Gasteiger partial charge in [-0.1, -0.05) is 6.92 Å². The summed E-state index contributed by atoms with van der Waals surface area (Å²) in [4.78, 5) is 23.1. The Morgan fingerprint density at radius 1 is 1.11 bits per heavy atom. The van der Waals surface area contributed by atoms with Crippen LogP contribution >= 0.6 is 11.6 Å². The first-order valence-electron chi connectivity index (χ1n) is 6.13. The quantitative estimate of drug-likeness (QED) is 0.595. The third-order valence-corrected chi connectivity index (χ3v) is 2.36. The van der Waals surface area contributed by atoms with E-state index in [0.29, 0.717) is 17.7 Å². The van der Waals surface area contributed by atoms with Crippen LogP contribution in [0.2, 0.25) is 0 Å². The van der Waals surface area contributed by atoms with Crippen molar-refractivity contribution in [1.82, 2.24) is 0 Å². The Kier molecular flexibility index (Phi) is 6.36. The molecule has 0 spiro atoms. The number of rotatable bonds is 6. The Morgan fingerprint density at radius 3 is 2.00 bits per heavy atom. The molecule has 0 saturated carbocycles. The number of halogens is 1. The van der Waals surface area contributed by atoms with Gasteiger partial charge in [0.1, 0.15) is 6.61 Å². The molecular weight excluding hydrogens is 268 g/mol. The van der Waals surface area contributed by atoms with E-state index in [9.17, 15) is 9.59 Å². The van der Waals surface area contributed by atoms with Gasteiger partial charge in [-0.3, -0.25) is 0 Å². The van der Waals surface area contributed by atoms with Gasteiger partial charge in [-0.05, 0) is 37.6 Å². The van der Waals surface area contributed by atoms with Gasteiger partial charge in [-0.2, -0.15) is 0 Å². The minimum atomic E-state index is -0.457. The van der Waals surface area contributed by atoms with E-state index in [-0.39, 0.29) is 12.0 Å². The fourth-order valence-corrected chi connectivity index (χ4v) is 1.36. The molecule has 0 radical (unpaired) electrons. The molecule has 0 heterocycles. The molecule has 0 saturated heterocycles. The van der Waals surface area contributed by atoms with Crippen LogP contribution in [0.1, 0.15) is 41.0 Å². The lowest BCUT2D eigenvalue weighted by Gasteiger charge is -2.07. The van der Waals surface area contributed by atoms with E-state index in [4.69, 9.17) is 21.1 Å². The Bertz CT molecular complexity index is 426. The Balaban J connectivity index is 2.60. The van der Waals surface area contributed by atoms with Gasteiger partial charge in [-0.15, -0.1) is 11.6 Å². The van der Waals surface area contributed by atoms with Crippen molar-refractivity contribution in [2.75, 3.05) is 13.2 Å². The molecule has 0 aromatic heterocycles. The van der Waals surface area contributed by atoms with Gasteiger partial charge >= 0.3 is 11.9 Å². The highest BCUT2D eigenvalue weighted by Crippen LogP contribution is 2.08. The zero-order chi connectivity index (χ0) is 14.3. The topological polar surface area (TPSA) is 52.6 Å². The minimum absolute atomic E-state index is 0.153. The van der Waals surface area contributed by atoms with Crippen molar-refractivity contribution in [3.05, 3.63) is 35.4 Å². The van der Waals surface area contributed by atoms with Crippen molar-refractivity contribution in [3.63, 3.8) is 0 Å². The van der Waals surface area contributed by atoms with Crippen molar-refractivity contribution in [2.45, 2.75) is 25.6 Å². The van der Waals surface area contributed by atoms with E-state index in [1.165, 1.54) is 12.1 Å². The van der Waals surface area contributed by atoms with Gasteiger partial charge in [-0.25, -0.2) is 9.59 Å². The molecule has 0 fully saturated rings. The standard InChI is InChI=1S/C14H17ClO4/c1-3-8-18-13(16)11-4-6-12(7-5-11)14(17)19-9-10(2)15/h4-7,10H,3,8-9H2,1-2H3. The first-order valence-corrected chi connectivity index (χ1v) is 6.56. The molecule has 5 heteroatoms. The van der Waals surface area contributed by atoms with Crippen molar-refractivity contribution in [2.24, 2.45) is 0 Å². The molecule has 1 rings (SSSR count). The summed E-state index contributed by atoms with van der Waals surface area (Å²) in [6.45, 7) is 4.20.